The summed E-state index contributed by atoms with van der Waals surface area (Å²) in [6.07, 6.45) is -0.769. The lowest BCUT2D eigenvalue weighted by Crippen LogP contribution is -2.29. The monoisotopic (exact) mass is 640 g/mol. The first-order chi connectivity index (χ1) is 21.5. The molecule has 4 aromatic rings. The quantitative estimate of drug-likeness (QED) is 0.248. The van der Waals surface area contributed by atoms with Crippen molar-refractivity contribution in [3.63, 3.8) is 0 Å². The van der Waals surface area contributed by atoms with Gasteiger partial charge >= 0.3 is 6.18 Å². The van der Waals surface area contributed by atoms with E-state index in [1.165, 1.54) is 0 Å². The molecular formula is C31H28ClF3N6O4. The van der Waals surface area contributed by atoms with Gasteiger partial charge < -0.3 is 19.9 Å². The Morgan fingerprint density at radius 3 is 2.67 bits per heavy atom. The van der Waals surface area contributed by atoms with E-state index in [4.69, 9.17) is 16.3 Å². The van der Waals surface area contributed by atoms with Crippen molar-refractivity contribution in [3.05, 3.63) is 99.2 Å². The Hall–Kier alpha value is -4.75. The van der Waals surface area contributed by atoms with E-state index in [-0.39, 0.29) is 41.0 Å². The summed E-state index contributed by atoms with van der Waals surface area (Å²) in [6, 6.07) is 9.69. The maximum absolute atomic E-state index is 14.0. The van der Waals surface area contributed by atoms with Crippen LogP contribution in [-0.2, 0) is 40.0 Å². The summed E-state index contributed by atoms with van der Waals surface area (Å²) in [5.74, 6) is -0.532. The highest BCUT2D eigenvalue weighted by atomic mass is 35.5. The molecule has 0 atom stereocenters. The number of fused-ring (bicyclic) bond motifs is 1. The first-order valence-electron chi connectivity index (χ1n) is 14.0. The predicted molar refractivity (Wildman–Crippen MR) is 163 cm³/mol. The van der Waals surface area contributed by atoms with E-state index in [0.717, 1.165) is 39.9 Å². The van der Waals surface area contributed by atoms with Gasteiger partial charge in [-0.05, 0) is 59.9 Å². The molecule has 2 amide bonds. The Balaban J connectivity index is 1.60. The average molecular weight is 641 g/mol. The standard InChI is InChI=1S/C31H28ClF3N6O4/c1-3-24-27(20-7-5-6-18(14-20)16-36-25(42)4-2)29(44)41-30(38-28(39-41)19-10-12-45-13-11-19)40(24)17-26(43)37-23-9-8-21(15-22(23)32)31(33,34)35/h4-10,14-15H,2-3,11-13,16-17H2,1H3,(H,36,42)(H,37,43). The predicted octanol–water partition coefficient (Wildman–Crippen LogP) is 5.04. The van der Waals surface area contributed by atoms with E-state index in [2.05, 4.69) is 27.3 Å². The number of aromatic nitrogens is 4. The van der Waals surface area contributed by atoms with Gasteiger partial charge in [0, 0.05) is 12.2 Å². The molecule has 0 aliphatic carbocycles. The van der Waals surface area contributed by atoms with Crippen molar-refractivity contribution in [2.45, 2.75) is 39.0 Å². The number of benzene rings is 2. The SMILES string of the molecule is C=CC(=O)NCc1cccc(-c2c(CC)n(CC(=O)Nc3ccc(C(F)(F)F)cc3Cl)c3nc(C4=CCOCC4)nn3c2=O)c1. The molecule has 1 aliphatic rings. The lowest BCUT2D eigenvalue weighted by Gasteiger charge is -2.18. The molecule has 0 spiro atoms. The van der Waals surface area contributed by atoms with E-state index in [0.29, 0.717) is 43.1 Å². The summed E-state index contributed by atoms with van der Waals surface area (Å²) in [5.41, 5.74) is 1.39. The normalized spacial score (nSPS) is 13.4. The van der Waals surface area contributed by atoms with Gasteiger partial charge in [-0.15, -0.1) is 5.10 Å². The van der Waals surface area contributed by atoms with Gasteiger partial charge in [0.05, 0.1) is 35.1 Å². The number of halogens is 4. The van der Waals surface area contributed by atoms with E-state index >= 15 is 0 Å². The first-order valence-corrected chi connectivity index (χ1v) is 14.3. The van der Waals surface area contributed by atoms with Gasteiger partial charge in [0.1, 0.15) is 6.54 Å². The number of alkyl halides is 3. The van der Waals surface area contributed by atoms with Gasteiger partial charge in [-0.1, -0.05) is 49.4 Å². The van der Waals surface area contributed by atoms with Crippen molar-refractivity contribution in [2.24, 2.45) is 0 Å². The summed E-state index contributed by atoms with van der Waals surface area (Å²) in [5, 5.41) is 9.50. The van der Waals surface area contributed by atoms with Crippen molar-refractivity contribution >= 4 is 40.5 Å². The van der Waals surface area contributed by atoms with Gasteiger partial charge in [0.2, 0.25) is 17.6 Å². The van der Waals surface area contributed by atoms with Gasteiger partial charge in [-0.2, -0.15) is 22.7 Å². The topological polar surface area (TPSA) is 120 Å². The fraction of sp³-hybridized carbons (Fsp3) is 0.258. The summed E-state index contributed by atoms with van der Waals surface area (Å²) in [7, 11) is 0. The third-order valence-corrected chi connectivity index (χ3v) is 7.49. The summed E-state index contributed by atoms with van der Waals surface area (Å²) in [6.45, 7) is 5.93. The number of carbonyl (C=O) groups is 2. The van der Waals surface area contributed by atoms with E-state index in [1.54, 1.807) is 28.8 Å². The van der Waals surface area contributed by atoms with Crippen LogP contribution in [0.4, 0.5) is 18.9 Å². The second kappa shape index (κ2) is 13.1. The molecule has 5 rings (SSSR count). The Morgan fingerprint density at radius 1 is 1.20 bits per heavy atom. The van der Waals surface area contributed by atoms with Gasteiger partial charge in [0.25, 0.3) is 5.56 Å². The maximum Gasteiger partial charge on any atom is 0.416 e. The van der Waals surface area contributed by atoms with Crippen molar-refractivity contribution in [1.29, 1.82) is 0 Å². The Morgan fingerprint density at radius 2 is 2.00 bits per heavy atom. The Bertz CT molecular complexity index is 1900. The molecule has 10 nitrogen and oxygen atoms in total. The summed E-state index contributed by atoms with van der Waals surface area (Å²) >= 11 is 6.08. The van der Waals surface area contributed by atoms with Crippen LogP contribution in [0, 0.1) is 0 Å². The smallest absolute Gasteiger partial charge is 0.377 e. The minimum atomic E-state index is -4.60. The molecule has 2 N–H and O–H groups in total. The van der Waals surface area contributed by atoms with E-state index < -0.39 is 23.2 Å². The van der Waals surface area contributed by atoms with Crippen molar-refractivity contribution in [2.75, 3.05) is 18.5 Å². The molecule has 0 unspecified atom stereocenters. The highest BCUT2D eigenvalue weighted by Crippen LogP contribution is 2.34. The molecule has 45 heavy (non-hydrogen) atoms. The van der Waals surface area contributed by atoms with Crippen molar-refractivity contribution in [3.8, 4) is 11.1 Å². The van der Waals surface area contributed by atoms with E-state index in [1.807, 2.05) is 13.0 Å². The molecule has 0 saturated heterocycles. The van der Waals surface area contributed by atoms with Gasteiger partial charge in [-0.25, -0.2) is 0 Å². The van der Waals surface area contributed by atoms with E-state index in [9.17, 15) is 27.6 Å². The minimum Gasteiger partial charge on any atom is -0.377 e. The molecule has 0 saturated carbocycles. The van der Waals surface area contributed by atoms with Crippen LogP contribution in [0.15, 0.2) is 66.0 Å². The number of nitrogens with one attached hydrogen (secondary N) is 2. The van der Waals surface area contributed by atoms with Gasteiger partial charge in [-0.3, -0.25) is 14.4 Å². The highest BCUT2D eigenvalue weighted by molar-refractivity contribution is 6.33. The number of anilines is 1. The number of rotatable bonds is 9. The molecule has 3 heterocycles. The molecular weight excluding hydrogens is 613 g/mol. The molecule has 2 aromatic carbocycles. The second-order valence-corrected chi connectivity index (χ2v) is 10.5. The van der Waals surface area contributed by atoms with Crippen molar-refractivity contribution in [1.82, 2.24) is 24.5 Å². The molecule has 0 fully saturated rings. The number of ether oxygens (including phenoxy) is 1. The lowest BCUT2D eigenvalue weighted by molar-refractivity contribution is -0.137. The number of nitrogens with zero attached hydrogens (tertiary/aromatic N) is 4. The molecule has 1 aliphatic heterocycles. The van der Waals surface area contributed by atoms with Crippen LogP contribution < -0.4 is 16.2 Å². The lowest BCUT2D eigenvalue weighted by atomic mass is 10.0. The third-order valence-electron chi connectivity index (χ3n) is 7.18. The first kappa shape index (κ1) is 31.7. The van der Waals surface area contributed by atoms with Crippen LogP contribution in [0.3, 0.4) is 0 Å². The molecule has 2 aromatic heterocycles. The van der Waals surface area contributed by atoms with Crippen LogP contribution in [0.5, 0.6) is 0 Å². The zero-order chi connectivity index (χ0) is 32.3. The molecule has 0 radical (unpaired) electrons. The molecule has 234 valence electrons. The van der Waals surface area contributed by atoms with Crippen LogP contribution in [0.25, 0.3) is 22.5 Å². The number of carbonyl (C=O) groups excluding carboxylic acids is 2. The average Bonchev–Trinajstić information content (AvgIpc) is 3.48. The second-order valence-electron chi connectivity index (χ2n) is 10.1. The number of hydrogen-bond donors (Lipinski definition) is 2. The zero-order valence-corrected chi connectivity index (χ0v) is 24.8. The van der Waals surface area contributed by atoms with Crippen LogP contribution in [0.1, 0.15) is 36.0 Å². The van der Waals surface area contributed by atoms with Crippen LogP contribution in [0.2, 0.25) is 5.02 Å². The summed E-state index contributed by atoms with van der Waals surface area (Å²) < 4.78 is 47.5. The summed E-state index contributed by atoms with van der Waals surface area (Å²) in [4.78, 5) is 43.8. The largest absolute Gasteiger partial charge is 0.416 e. The van der Waals surface area contributed by atoms with Gasteiger partial charge in [0.15, 0.2) is 5.82 Å². The van der Waals surface area contributed by atoms with Crippen LogP contribution >= 0.6 is 11.6 Å². The van der Waals surface area contributed by atoms with Crippen molar-refractivity contribution < 1.29 is 27.5 Å². The highest BCUT2D eigenvalue weighted by Gasteiger charge is 2.31. The number of hydrogen-bond acceptors (Lipinski definition) is 6. The Labute approximate surface area is 260 Å². The molecule has 14 heteroatoms. The number of amides is 2. The zero-order valence-electron chi connectivity index (χ0n) is 24.1. The molecule has 0 bridgehead atoms. The fourth-order valence-corrected chi connectivity index (χ4v) is 5.24. The Kier molecular flexibility index (Phi) is 9.21. The third kappa shape index (κ3) is 6.84. The maximum atomic E-state index is 14.0. The minimum absolute atomic E-state index is 0.00575. The van der Waals surface area contributed by atoms with Crippen LogP contribution in [-0.4, -0.2) is 44.2 Å². The fourth-order valence-electron chi connectivity index (χ4n) is 5.01.